The van der Waals surface area contributed by atoms with Crippen LogP contribution in [0.15, 0.2) is 72.8 Å². The van der Waals surface area contributed by atoms with E-state index in [1.165, 1.54) is 10.8 Å². The molecule has 1 unspecified atom stereocenters. The summed E-state index contributed by atoms with van der Waals surface area (Å²) in [6.45, 7) is 0. The van der Waals surface area contributed by atoms with Crippen molar-refractivity contribution < 1.29 is 4.84 Å². The molecule has 0 saturated carbocycles. The third kappa shape index (κ3) is 2.24. The Kier molecular flexibility index (Phi) is 3.27. The third-order valence-electron chi connectivity index (χ3n) is 3.34. The van der Waals surface area contributed by atoms with E-state index in [-0.39, 0.29) is 6.10 Å². The normalized spacial score (nSPS) is 12.5. The molecule has 2 nitrogen and oxygen atoms in total. The van der Waals surface area contributed by atoms with Gasteiger partial charge in [-0.3, -0.25) is 4.84 Å². The van der Waals surface area contributed by atoms with Gasteiger partial charge in [0.05, 0.1) is 0 Å². The molecule has 3 aromatic rings. The van der Waals surface area contributed by atoms with Crippen molar-refractivity contribution in [2.24, 2.45) is 5.90 Å². The van der Waals surface area contributed by atoms with Gasteiger partial charge in [-0.15, -0.1) is 0 Å². The molecule has 94 valence electrons. The molecule has 0 bridgehead atoms. The summed E-state index contributed by atoms with van der Waals surface area (Å²) in [6.07, 6.45) is -0.243. The number of benzene rings is 3. The molecular formula is C17H15NO. The first-order valence-corrected chi connectivity index (χ1v) is 6.28. The summed E-state index contributed by atoms with van der Waals surface area (Å²) < 4.78 is 0. The maximum atomic E-state index is 5.53. The quantitative estimate of drug-likeness (QED) is 0.716. The highest BCUT2D eigenvalue weighted by atomic mass is 16.6. The van der Waals surface area contributed by atoms with E-state index in [9.17, 15) is 0 Å². The second-order valence-corrected chi connectivity index (χ2v) is 4.50. The molecule has 0 spiro atoms. The Hall–Kier alpha value is -2.16. The van der Waals surface area contributed by atoms with Crippen molar-refractivity contribution >= 4 is 10.8 Å². The minimum absolute atomic E-state index is 0.243. The first-order valence-electron chi connectivity index (χ1n) is 6.28. The summed E-state index contributed by atoms with van der Waals surface area (Å²) in [4.78, 5) is 5.23. The molecule has 0 amide bonds. The monoisotopic (exact) mass is 249 g/mol. The van der Waals surface area contributed by atoms with Crippen LogP contribution in [-0.4, -0.2) is 0 Å². The Labute approximate surface area is 112 Å². The number of rotatable bonds is 3. The predicted octanol–water partition coefficient (Wildman–Crippen LogP) is 3.82. The van der Waals surface area contributed by atoms with E-state index in [2.05, 4.69) is 24.3 Å². The second-order valence-electron chi connectivity index (χ2n) is 4.50. The fourth-order valence-corrected chi connectivity index (χ4v) is 2.44. The molecule has 0 heterocycles. The first kappa shape index (κ1) is 11.9. The zero-order chi connectivity index (χ0) is 13.1. The van der Waals surface area contributed by atoms with Gasteiger partial charge in [0.25, 0.3) is 0 Å². The van der Waals surface area contributed by atoms with Gasteiger partial charge in [-0.1, -0.05) is 72.8 Å². The molecule has 0 aliphatic rings. The lowest BCUT2D eigenvalue weighted by Gasteiger charge is -2.17. The number of hydrogen-bond donors (Lipinski definition) is 1. The average Bonchev–Trinajstić information content (AvgIpc) is 2.49. The SMILES string of the molecule is NOC(c1ccccc1)c1cccc2ccccc12. The number of fused-ring (bicyclic) bond motifs is 1. The number of hydrogen-bond acceptors (Lipinski definition) is 2. The molecule has 0 aliphatic carbocycles. The highest BCUT2D eigenvalue weighted by molar-refractivity contribution is 5.86. The van der Waals surface area contributed by atoms with E-state index < -0.39 is 0 Å². The van der Waals surface area contributed by atoms with Crippen LogP contribution >= 0.6 is 0 Å². The van der Waals surface area contributed by atoms with E-state index in [0.717, 1.165) is 11.1 Å². The van der Waals surface area contributed by atoms with Gasteiger partial charge in [0.15, 0.2) is 0 Å². The maximum Gasteiger partial charge on any atom is 0.129 e. The van der Waals surface area contributed by atoms with E-state index in [1.54, 1.807) is 0 Å². The molecule has 2 N–H and O–H groups in total. The highest BCUT2D eigenvalue weighted by Crippen LogP contribution is 2.30. The standard InChI is InChI=1S/C17H15NO/c18-19-17(14-8-2-1-3-9-14)16-12-6-10-13-7-4-5-11-15(13)16/h1-12,17H,18H2. The van der Waals surface area contributed by atoms with E-state index in [1.807, 2.05) is 48.5 Å². The minimum Gasteiger partial charge on any atom is -0.292 e. The Balaban J connectivity index is 2.17. The van der Waals surface area contributed by atoms with Crippen molar-refractivity contribution in [1.82, 2.24) is 0 Å². The first-order chi connectivity index (χ1) is 9.40. The van der Waals surface area contributed by atoms with Crippen LogP contribution in [0, 0.1) is 0 Å². The third-order valence-corrected chi connectivity index (χ3v) is 3.34. The van der Waals surface area contributed by atoms with Crippen molar-refractivity contribution in [3.63, 3.8) is 0 Å². The van der Waals surface area contributed by atoms with Crippen LogP contribution in [0.3, 0.4) is 0 Å². The van der Waals surface area contributed by atoms with Gasteiger partial charge in [-0.25, -0.2) is 5.90 Å². The maximum absolute atomic E-state index is 5.53. The van der Waals surface area contributed by atoms with Crippen molar-refractivity contribution in [3.8, 4) is 0 Å². The average molecular weight is 249 g/mol. The Morgan fingerprint density at radius 3 is 2.21 bits per heavy atom. The molecule has 0 saturated heterocycles. The fourth-order valence-electron chi connectivity index (χ4n) is 2.44. The van der Waals surface area contributed by atoms with Crippen LogP contribution in [0.2, 0.25) is 0 Å². The van der Waals surface area contributed by atoms with E-state index >= 15 is 0 Å². The molecule has 0 aromatic heterocycles. The second kappa shape index (κ2) is 5.22. The van der Waals surface area contributed by atoms with Gasteiger partial charge >= 0.3 is 0 Å². The van der Waals surface area contributed by atoms with Gasteiger partial charge in [-0.05, 0) is 21.9 Å². The van der Waals surface area contributed by atoms with Gasteiger partial charge in [-0.2, -0.15) is 0 Å². The topological polar surface area (TPSA) is 35.2 Å². The van der Waals surface area contributed by atoms with Crippen LogP contribution in [0.5, 0.6) is 0 Å². The zero-order valence-corrected chi connectivity index (χ0v) is 10.5. The summed E-state index contributed by atoms with van der Waals surface area (Å²) in [5, 5.41) is 2.36. The summed E-state index contributed by atoms with van der Waals surface area (Å²) in [5.74, 6) is 5.53. The molecule has 0 radical (unpaired) electrons. The lowest BCUT2D eigenvalue weighted by atomic mass is 9.96. The van der Waals surface area contributed by atoms with E-state index in [0.29, 0.717) is 0 Å². The Morgan fingerprint density at radius 2 is 1.42 bits per heavy atom. The van der Waals surface area contributed by atoms with Crippen LogP contribution in [0.1, 0.15) is 17.2 Å². The minimum atomic E-state index is -0.243. The Bertz CT molecular complexity index is 674. The summed E-state index contributed by atoms with van der Waals surface area (Å²) >= 11 is 0. The van der Waals surface area contributed by atoms with Gasteiger partial charge in [0.2, 0.25) is 0 Å². The van der Waals surface area contributed by atoms with E-state index in [4.69, 9.17) is 10.7 Å². The van der Waals surface area contributed by atoms with Crippen LogP contribution in [-0.2, 0) is 4.84 Å². The zero-order valence-electron chi connectivity index (χ0n) is 10.5. The van der Waals surface area contributed by atoms with Crippen LogP contribution < -0.4 is 5.90 Å². The molecular weight excluding hydrogens is 234 g/mol. The lowest BCUT2D eigenvalue weighted by molar-refractivity contribution is 0.0823. The van der Waals surface area contributed by atoms with Crippen molar-refractivity contribution in [2.75, 3.05) is 0 Å². The summed E-state index contributed by atoms with van der Waals surface area (Å²) in [6, 6.07) is 24.5. The smallest absolute Gasteiger partial charge is 0.129 e. The van der Waals surface area contributed by atoms with Gasteiger partial charge < -0.3 is 0 Å². The van der Waals surface area contributed by atoms with Crippen molar-refractivity contribution in [2.45, 2.75) is 6.10 Å². The number of nitrogens with two attached hydrogens (primary N) is 1. The molecule has 2 heteroatoms. The molecule has 0 aliphatic heterocycles. The summed E-state index contributed by atoms with van der Waals surface area (Å²) in [5.41, 5.74) is 2.15. The molecule has 19 heavy (non-hydrogen) atoms. The fraction of sp³-hybridized carbons (Fsp3) is 0.0588. The summed E-state index contributed by atoms with van der Waals surface area (Å²) in [7, 11) is 0. The molecule has 3 rings (SSSR count). The van der Waals surface area contributed by atoms with Gasteiger partial charge in [0, 0.05) is 0 Å². The largest absolute Gasteiger partial charge is 0.292 e. The molecule has 0 fully saturated rings. The van der Waals surface area contributed by atoms with Crippen LogP contribution in [0.25, 0.3) is 10.8 Å². The Morgan fingerprint density at radius 1 is 0.737 bits per heavy atom. The highest BCUT2D eigenvalue weighted by Gasteiger charge is 2.15. The van der Waals surface area contributed by atoms with Gasteiger partial charge in [0.1, 0.15) is 6.10 Å². The molecule has 3 aromatic carbocycles. The lowest BCUT2D eigenvalue weighted by Crippen LogP contribution is -2.11. The van der Waals surface area contributed by atoms with Crippen molar-refractivity contribution in [1.29, 1.82) is 0 Å². The predicted molar refractivity (Wildman–Crippen MR) is 77.5 cm³/mol. The van der Waals surface area contributed by atoms with Crippen LogP contribution in [0.4, 0.5) is 0 Å². The molecule has 1 atom stereocenters. The van der Waals surface area contributed by atoms with Crippen molar-refractivity contribution in [3.05, 3.63) is 83.9 Å².